The molecule has 0 spiro atoms. The Morgan fingerprint density at radius 1 is 1.11 bits per heavy atom. The summed E-state index contributed by atoms with van der Waals surface area (Å²) in [5.41, 5.74) is 2.05. The first-order chi connectivity index (χ1) is 9.28. The van der Waals surface area contributed by atoms with Crippen LogP contribution in [0.15, 0.2) is 42.9 Å². The van der Waals surface area contributed by atoms with Crippen LogP contribution in [0.5, 0.6) is 5.88 Å². The molecule has 0 atom stereocenters. The van der Waals surface area contributed by atoms with Gasteiger partial charge in [0.05, 0.1) is 19.0 Å². The van der Waals surface area contributed by atoms with Gasteiger partial charge in [-0.3, -0.25) is 0 Å². The van der Waals surface area contributed by atoms with Gasteiger partial charge in [-0.15, -0.1) is 10.2 Å². The van der Waals surface area contributed by atoms with Crippen LogP contribution in [-0.4, -0.2) is 31.7 Å². The highest BCUT2D eigenvalue weighted by Gasteiger charge is 2.09. The Bertz CT molecular complexity index is 683. The monoisotopic (exact) mass is 255 g/mol. The Labute approximate surface area is 110 Å². The highest BCUT2D eigenvalue weighted by molar-refractivity contribution is 5.60. The fourth-order valence-corrected chi connectivity index (χ4v) is 1.89. The average Bonchev–Trinajstić information content (AvgIpc) is 3.07. The first-order valence-corrected chi connectivity index (χ1v) is 5.82. The summed E-state index contributed by atoms with van der Waals surface area (Å²) in [6.45, 7) is 0. The van der Waals surface area contributed by atoms with E-state index >= 15 is 0 Å². The van der Waals surface area contributed by atoms with Gasteiger partial charge in [-0.2, -0.15) is 5.10 Å². The molecule has 3 rings (SSSR count). The lowest BCUT2D eigenvalue weighted by Crippen LogP contribution is -2.03. The zero-order valence-corrected chi connectivity index (χ0v) is 10.7. The van der Waals surface area contributed by atoms with Gasteiger partial charge in [0.1, 0.15) is 0 Å². The van der Waals surface area contributed by atoms with E-state index in [-0.39, 0.29) is 0 Å². The second kappa shape index (κ2) is 4.56. The molecule has 19 heavy (non-hydrogen) atoms. The van der Waals surface area contributed by atoms with Gasteiger partial charge >= 0.3 is 0 Å². The maximum Gasteiger partial charge on any atom is 0.233 e. The van der Waals surface area contributed by atoms with Crippen LogP contribution in [0.25, 0.3) is 17.1 Å². The molecule has 0 bridgehead atoms. The van der Waals surface area contributed by atoms with Crippen LogP contribution >= 0.6 is 0 Å². The van der Waals surface area contributed by atoms with Gasteiger partial charge in [-0.05, 0) is 18.2 Å². The summed E-state index contributed by atoms with van der Waals surface area (Å²) in [6.07, 6.45) is 5.77. The molecule has 0 aliphatic heterocycles. The van der Waals surface area contributed by atoms with Crippen LogP contribution in [0.1, 0.15) is 0 Å². The average molecular weight is 255 g/mol. The molecule has 0 amide bonds. The van der Waals surface area contributed by atoms with Crippen molar-refractivity contribution in [2.24, 2.45) is 7.05 Å². The topological polar surface area (TPSA) is 57.8 Å². The summed E-state index contributed by atoms with van der Waals surface area (Å²) >= 11 is 0. The number of rotatable bonds is 3. The number of ether oxygens (including phenoxy) is 1. The quantitative estimate of drug-likeness (QED) is 0.714. The molecule has 0 radical (unpaired) electrons. The third-order valence-corrected chi connectivity index (χ3v) is 2.82. The van der Waals surface area contributed by atoms with Crippen LogP contribution < -0.4 is 4.74 Å². The lowest BCUT2D eigenvalue weighted by molar-refractivity contribution is 0.391. The van der Waals surface area contributed by atoms with E-state index in [0.29, 0.717) is 11.7 Å². The first-order valence-electron chi connectivity index (χ1n) is 5.82. The van der Waals surface area contributed by atoms with E-state index in [1.807, 2.05) is 42.2 Å². The van der Waals surface area contributed by atoms with E-state index in [1.54, 1.807) is 24.1 Å². The minimum absolute atomic E-state index is 0.483. The molecule has 3 aromatic rings. The molecule has 0 saturated carbocycles. The first kappa shape index (κ1) is 11.5. The van der Waals surface area contributed by atoms with Gasteiger partial charge in [0.25, 0.3) is 0 Å². The minimum Gasteiger partial charge on any atom is -0.480 e. The van der Waals surface area contributed by atoms with Gasteiger partial charge in [0.15, 0.2) is 5.82 Å². The summed E-state index contributed by atoms with van der Waals surface area (Å²) in [5.74, 6) is 1.14. The number of methoxy groups -OCH3 is 1. The fraction of sp³-hybridized carbons (Fsp3) is 0.154. The van der Waals surface area contributed by atoms with Crippen molar-refractivity contribution in [2.45, 2.75) is 0 Å². The van der Waals surface area contributed by atoms with E-state index < -0.39 is 0 Å². The Morgan fingerprint density at radius 2 is 2.00 bits per heavy atom. The van der Waals surface area contributed by atoms with Gasteiger partial charge in [-0.25, -0.2) is 4.68 Å². The zero-order valence-electron chi connectivity index (χ0n) is 10.7. The summed E-state index contributed by atoms with van der Waals surface area (Å²) in [4.78, 5) is 0. The number of aryl methyl sites for hydroxylation is 1. The molecule has 0 aliphatic rings. The molecule has 0 fully saturated rings. The van der Waals surface area contributed by atoms with E-state index in [0.717, 1.165) is 11.3 Å². The lowest BCUT2D eigenvalue weighted by atomic mass is 10.2. The molecule has 0 aliphatic carbocycles. The molecular formula is C13H13N5O. The van der Waals surface area contributed by atoms with E-state index in [4.69, 9.17) is 4.74 Å². The predicted molar refractivity (Wildman–Crippen MR) is 70.1 cm³/mol. The predicted octanol–water partition coefficient (Wildman–Crippen LogP) is 1.68. The molecule has 0 unspecified atom stereocenters. The Balaban J connectivity index is 2.03. The Hall–Kier alpha value is -2.63. The summed E-state index contributed by atoms with van der Waals surface area (Å²) < 4.78 is 8.74. The second-order valence-corrected chi connectivity index (χ2v) is 4.13. The van der Waals surface area contributed by atoms with Gasteiger partial charge in [-0.1, -0.05) is 0 Å². The van der Waals surface area contributed by atoms with Crippen molar-refractivity contribution in [1.82, 2.24) is 24.5 Å². The summed E-state index contributed by atoms with van der Waals surface area (Å²) in [6, 6.07) is 7.57. The normalized spacial score (nSPS) is 10.6. The second-order valence-electron chi connectivity index (χ2n) is 4.13. The highest BCUT2D eigenvalue weighted by Crippen LogP contribution is 2.21. The van der Waals surface area contributed by atoms with Crippen LogP contribution in [0.2, 0.25) is 0 Å². The molecule has 3 heterocycles. The van der Waals surface area contributed by atoms with Crippen molar-refractivity contribution >= 4 is 0 Å². The Kier molecular flexibility index (Phi) is 2.75. The van der Waals surface area contributed by atoms with E-state index in [1.165, 1.54) is 0 Å². The fourth-order valence-electron chi connectivity index (χ4n) is 1.89. The highest BCUT2D eigenvalue weighted by atomic mass is 16.5. The third kappa shape index (κ3) is 2.08. The third-order valence-electron chi connectivity index (χ3n) is 2.82. The van der Waals surface area contributed by atoms with E-state index in [9.17, 15) is 0 Å². The van der Waals surface area contributed by atoms with Crippen molar-refractivity contribution in [3.63, 3.8) is 0 Å². The van der Waals surface area contributed by atoms with Crippen molar-refractivity contribution in [2.75, 3.05) is 7.11 Å². The number of hydrogen-bond donors (Lipinski definition) is 0. The summed E-state index contributed by atoms with van der Waals surface area (Å²) in [5, 5.41) is 12.4. The maximum atomic E-state index is 5.00. The lowest BCUT2D eigenvalue weighted by Gasteiger charge is -2.05. The standard InChI is InChI=1S/C13H13N5O/c1-17-8-6-10(9-17)11-5-7-14-18(11)12-3-4-13(19-2)16-15-12/h3-9H,1-2H3. The van der Waals surface area contributed by atoms with Crippen LogP contribution in [0.3, 0.4) is 0 Å². The number of aromatic nitrogens is 5. The van der Waals surface area contributed by atoms with Crippen LogP contribution in [0.4, 0.5) is 0 Å². The van der Waals surface area contributed by atoms with Crippen molar-refractivity contribution in [3.8, 4) is 23.0 Å². The number of nitrogens with zero attached hydrogens (tertiary/aromatic N) is 5. The van der Waals surface area contributed by atoms with Crippen molar-refractivity contribution in [1.29, 1.82) is 0 Å². The molecule has 0 N–H and O–H groups in total. The Morgan fingerprint density at radius 3 is 2.63 bits per heavy atom. The zero-order chi connectivity index (χ0) is 13.2. The van der Waals surface area contributed by atoms with Gasteiger partial charge in [0, 0.05) is 31.1 Å². The van der Waals surface area contributed by atoms with E-state index in [2.05, 4.69) is 15.3 Å². The number of hydrogen-bond acceptors (Lipinski definition) is 4. The van der Waals surface area contributed by atoms with Crippen molar-refractivity contribution in [3.05, 3.63) is 42.9 Å². The maximum absolute atomic E-state index is 5.00. The van der Waals surface area contributed by atoms with Crippen LogP contribution in [-0.2, 0) is 7.05 Å². The molecule has 6 heteroatoms. The smallest absolute Gasteiger partial charge is 0.233 e. The SMILES string of the molecule is COc1ccc(-n2nccc2-c2ccn(C)c2)nn1. The van der Waals surface area contributed by atoms with Gasteiger partial charge < -0.3 is 9.30 Å². The summed E-state index contributed by atoms with van der Waals surface area (Å²) in [7, 11) is 3.55. The molecular weight excluding hydrogens is 242 g/mol. The molecule has 96 valence electrons. The minimum atomic E-state index is 0.483. The van der Waals surface area contributed by atoms with Crippen LogP contribution in [0, 0.1) is 0 Å². The molecule has 0 aromatic carbocycles. The molecule has 6 nitrogen and oxygen atoms in total. The largest absolute Gasteiger partial charge is 0.480 e. The van der Waals surface area contributed by atoms with Crippen molar-refractivity contribution < 1.29 is 4.74 Å². The molecule has 3 aromatic heterocycles. The van der Waals surface area contributed by atoms with Gasteiger partial charge in [0.2, 0.25) is 5.88 Å². The molecule has 0 saturated heterocycles.